The Labute approximate surface area is 91.1 Å². The third-order valence-electron chi connectivity index (χ3n) is 3.10. The minimum Gasteiger partial charge on any atom is -0.158 e. The van der Waals surface area contributed by atoms with Crippen molar-refractivity contribution in [2.24, 2.45) is 0 Å². The normalized spacial score (nSPS) is 24.5. The third-order valence-corrected chi connectivity index (χ3v) is 4.69. The zero-order valence-electron chi connectivity index (χ0n) is 8.78. The molecule has 2 atom stereocenters. The second-order valence-electron chi connectivity index (χ2n) is 4.10. The topological polar surface area (TPSA) is 0 Å². The summed E-state index contributed by atoms with van der Waals surface area (Å²) in [6.45, 7) is 2.37. The maximum absolute atomic E-state index is 2.37. The van der Waals surface area contributed by atoms with Crippen molar-refractivity contribution >= 4 is 11.8 Å². The summed E-state index contributed by atoms with van der Waals surface area (Å²) in [4.78, 5) is 0. The van der Waals surface area contributed by atoms with Gasteiger partial charge in [-0.1, -0.05) is 43.7 Å². The van der Waals surface area contributed by atoms with Crippen LogP contribution < -0.4 is 0 Å². The summed E-state index contributed by atoms with van der Waals surface area (Å²) in [5, 5.41) is 0.853. The molecule has 1 aliphatic heterocycles. The lowest BCUT2D eigenvalue weighted by Gasteiger charge is -2.27. The molecule has 14 heavy (non-hydrogen) atoms. The molecule has 0 nitrogen and oxygen atoms in total. The molecule has 1 heterocycles. The van der Waals surface area contributed by atoms with E-state index >= 15 is 0 Å². The van der Waals surface area contributed by atoms with Crippen LogP contribution in [-0.2, 0) is 0 Å². The van der Waals surface area contributed by atoms with E-state index in [2.05, 4.69) is 49.0 Å². The molecule has 2 unspecified atom stereocenters. The average molecular weight is 206 g/mol. The lowest BCUT2D eigenvalue weighted by molar-refractivity contribution is 0.598. The molecular weight excluding hydrogens is 188 g/mol. The van der Waals surface area contributed by atoms with E-state index in [-0.39, 0.29) is 0 Å². The molecule has 0 spiro atoms. The average Bonchev–Trinajstić information content (AvgIpc) is 2.30. The number of benzene rings is 1. The van der Waals surface area contributed by atoms with Crippen LogP contribution in [0.5, 0.6) is 0 Å². The molecule has 1 aromatic carbocycles. The van der Waals surface area contributed by atoms with E-state index in [1.165, 1.54) is 30.6 Å². The summed E-state index contributed by atoms with van der Waals surface area (Å²) < 4.78 is 0. The number of thioether (sulfide) groups is 1. The quantitative estimate of drug-likeness (QED) is 0.702. The fraction of sp³-hybridized carbons (Fsp3) is 0.538. The van der Waals surface area contributed by atoms with Gasteiger partial charge in [0.25, 0.3) is 0 Å². The Morgan fingerprint density at radius 2 is 2.00 bits per heavy atom. The van der Waals surface area contributed by atoms with E-state index in [4.69, 9.17) is 0 Å². The summed E-state index contributed by atoms with van der Waals surface area (Å²) in [7, 11) is 0. The van der Waals surface area contributed by atoms with Crippen molar-refractivity contribution in [3.8, 4) is 0 Å². The van der Waals surface area contributed by atoms with E-state index in [0.717, 1.165) is 11.2 Å². The Morgan fingerprint density at radius 1 is 1.21 bits per heavy atom. The van der Waals surface area contributed by atoms with Crippen LogP contribution in [0.15, 0.2) is 30.3 Å². The van der Waals surface area contributed by atoms with E-state index in [1.807, 2.05) is 0 Å². The molecule has 0 amide bonds. The van der Waals surface area contributed by atoms with E-state index in [1.54, 1.807) is 0 Å². The Kier molecular flexibility index (Phi) is 3.52. The fourth-order valence-corrected chi connectivity index (χ4v) is 3.58. The maximum atomic E-state index is 2.37. The van der Waals surface area contributed by atoms with Crippen LogP contribution >= 0.6 is 11.8 Å². The lowest BCUT2D eigenvalue weighted by Crippen LogP contribution is -2.16. The first-order valence-electron chi connectivity index (χ1n) is 5.54. The minimum atomic E-state index is 0.724. The molecule has 0 radical (unpaired) electrons. The largest absolute Gasteiger partial charge is 0.158 e. The molecular formula is C13H18S. The standard InChI is InChI=1S/C13H18S/c1-11(12-7-3-2-4-8-12)13-9-5-6-10-14-13/h2-4,7-8,11,13H,5-6,9-10H2,1H3. The van der Waals surface area contributed by atoms with Crippen LogP contribution in [0.3, 0.4) is 0 Å². The van der Waals surface area contributed by atoms with Crippen LogP contribution in [0.25, 0.3) is 0 Å². The summed E-state index contributed by atoms with van der Waals surface area (Å²) >= 11 is 2.17. The van der Waals surface area contributed by atoms with Gasteiger partial charge in [-0.25, -0.2) is 0 Å². The monoisotopic (exact) mass is 206 g/mol. The molecule has 1 heteroatoms. The predicted octanol–water partition coefficient (Wildman–Crippen LogP) is 4.08. The summed E-state index contributed by atoms with van der Waals surface area (Å²) in [6.07, 6.45) is 4.25. The van der Waals surface area contributed by atoms with Crippen molar-refractivity contribution in [1.82, 2.24) is 0 Å². The van der Waals surface area contributed by atoms with Gasteiger partial charge in [-0.2, -0.15) is 11.8 Å². The van der Waals surface area contributed by atoms with Gasteiger partial charge in [-0.15, -0.1) is 0 Å². The van der Waals surface area contributed by atoms with Crippen LogP contribution in [0, 0.1) is 0 Å². The Morgan fingerprint density at radius 3 is 2.64 bits per heavy atom. The highest BCUT2D eigenvalue weighted by atomic mass is 32.2. The van der Waals surface area contributed by atoms with Gasteiger partial charge in [-0.05, 0) is 30.1 Å². The van der Waals surface area contributed by atoms with Gasteiger partial charge in [0.1, 0.15) is 0 Å². The zero-order valence-corrected chi connectivity index (χ0v) is 9.59. The Hall–Kier alpha value is -0.430. The molecule has 76 valence electrons. The van der Waals surface area contributed by atoms with Gasteiger partial charge in [-0.3, -0.25) is 0 Å². The van der Waals surface area contributed by atoms with Gasteiger partial charge in [0, 0.05) is 5.25 Å². The molecule has 1 fully saturated rings. The molecule has 2 rings (SSSR count). The van der Waals surface area contributed by atoms with E-state index in [0.29, 0.717) is 0 Å². The SMILES string of the molecule is CC(c1ccccc1)C1CCCCS1. The predicted molar refractivity (Wildman–Crippen MR) is 65.0 cm³/mol. The second-order valence-corrected chi connectivity index (χ2v) is 5.45. The number of rotatable bonds is 2. The molecule has 0 saturated carbocycles. The smallest absolute Gasteiger partial charge is 0.0113 e. The summed E-state index contributed by atoms with van der Waals surface area (Å²) in [5.74, 6) is 2.09. The van der Waals surface area contributed by atoms with Gasteiger partial charge < -0.3 is 0 Å². The van der Waals surface area contributed by atoms with Crippen molar-refractivity contribution < 1.29 is 0 Å². The van der Waals surface area contributed by atoms with Crippen molar-refractivity contribution in [1.29, 1.82) is 0 Å². The van der Waals surface area contributed by atoms with Gasteiger partial charge in [0.2, 0.25) is 0 Å². The van der Waals surface area contributed by atoms with Crippen molar-refractivity contribution in [2.75, 3.05) is 5.75 Å². The first-order chi connectivity index (χ1) is 6.88. The molecule has 1 aromatic rings. The molecule has 1 aliphatic rings. The second kappa shape index (κ2) is 4.88. The van der Waals surface area contributed by atoms with E-state index in [9.17, 15) is 0 Å². The zero-order chi connectivity index (χ0) is 9.80. The van der Waals surface area contributed by atoms with Crippen LogP contribution in [0.1, 0.15) is 37.7 Å². The summed E-state index contributed by atoms with van der Waals surface area (Å²) in [6, 6.07) is 10.9. The van der Waals surface area contributed by atoms with Crippen molar-refractivity contribution in [3.63, 3.8) is 0 Å². The third kappa shape index (κ3) is 2.33. The fourth-order valence-electron chi connectivity index (χ4n) is 2.13. The molecule has 0 aliphatic carbocycles. The number of hydrogen-bond acceptors (Lipinski definition) is 1. The molecule has 1 saturated heterocycles. The molecule has 0 aromatic heterocycles. The van der Waals surface area contributed by atoms with Crippen LogP contribution in [0.2, 0.25) is 0 Å². The van der Waals surface area contributed by atoms with Crippen LogP contribution in [-0.4, -0.2) is 11.0 Å². The van der Waals surface area contributed by atoms with Crippen molar-refractivity contribution in [3.05, 3.63) is 35.9 Å². The first kappa shape index (κ1) is 10.1. The highest BCUT2D eigenvalue weighted by Crippen LogP contribution is 2.35. The van der Waals surface area contributed by atoms with Gasteiger partial charge in [0.15, 0.2) is 0 Å². The highest BCUT2D eigenvalue weighted by Gasteiger charge is 2.21. The minimum absolute atomic E-state index is 0.724. The van der Waals surface area contributed by atoms with Gasteiger partial charge >= 0.3 is 0 Å². The lowest BCUT2D eigenvalue weighted by atomic mass is 9.94. The number of hydrogen-bond donors (Lipinski definition) is 0. The maximum Gasteiger partial charge on any atom is 0.0113 e. The first-order valence-corrected chi connectivity index (χ1v) is 6.59. The highest BCUT2D eigenvalue weighted by molar-refractivity contribution is 8.00. The molecule has 0 N–H and O–H groups in total. The van der Waals surface area contributed by atoms with Crippen molar-refractivity contribution in [2.45, 2.75) is 37.4 Å². The Balaban J connectivity index is 2.03. The van der Waals surface area contributed by atoms with Gasteiger partial charge in [0.05, 0.1) is 0 Å². The molecule has 0 bridgehead atoms. The van der Waals surface area contributed by atoms with Crippen LogP contribution in [0.4, 0.5) is 0 Å². The summed E-state index contributed by atoms with van der Waals surface area (Å²) in [5.41, 5.74) is 1.51. The Bertz CT molecular complexity index is 262. The van der Waals surface area contributed by atoms with E-state index < -0.39 is 0 Å².